The average Bonchev–Trinajstić information content (AvgIpc) is 3.24. The molecule has 3 heterocycles. The topological polar surface area (TPSA) is 62.7 Å². The van der Waals surface area contributed by atoms with E-state index in [4.69, 9.17) is 4.74 Å². The van der Waals surface area contributed by atoms with E-state index < -0.39 is 10.0 Å². The van der Waals surface area contributed by atoms with Crippen LogP contribution in [0.2, 0.25) is 0 Å². The molecule has 0 radical (unpaired) electrons. The summed E-state index contributed by atoms with van der Waals surface area (Å²) in [7, 11) is -3.43. The minimum absolute atomic E-state index is 0.237. The fourth-order valence-electron chi connectivity index (χ4n) is 4.57. The molecule has 0 bridgehead atoms. The van der Waals surface area contributed by atoms with Gasteiger partial charge in [-0.2, -0.15) is 4.31 Å². The van der Waals surface area contributed by atoms with Crippen molar-refractivity contribution < 1.29 is 13.2 Å². The third-order valence-electron chi connectivity index (χ3n) is 6.50. The van der Waals surface area contributed by atoms with Gasteiger partial charge in [0, 0.05) is 43.8 Å². The molecule has 0 amide bonds. The molecule has 0 aliphatic carbocycles. The van der Waals surface area contributed by atoms with Crippen molar-refractivity contribution in [1.29, 1.82) is 0 Å². The van der Waals surface area contributed by atoms with E-state index in [1.54, 1.807) is 10.5 Å². The van der Waals surface area contributed by atoms with E-state index in [-0.39, 0.29) is 6.10 Å². The lowest BCUT2D eigenvalue weighted by atomic mass is 10.00. The Kier molecular flexibility index (Phi) is 6.48. The zero-order valence-corrected chi connectivity index (χ0v) is 19.6. The van der Waals surface area contributed by atoms with E-state index in [1.807, 2.05) is 38.3 Å². The van der Waals surface area contributed by atoms with Gasteiger partial charge < -0.3 is 9.64 Å². The average molecular weight is 450 g/mol. The smallest absolute Gasteiger partial charge is 0.273 e. The number of likely N-dealkylation sites (tertiary alicyclic amines) is 1. The van der Waals surface area contributed by atoms with Gasteiger partial charge in [-0.15, -0.1) is 0 Å². The predicted octanol–water partition coefficient (Wildman–Crippen LogP) is 3.76. The Labute approximate surface area is 183 Å². The number of hydrogen-bond acceptors (Lipinski definition) is 6. The minimum atomic E-state index is -3.43. The molecule has 0 unspecified atom stereocenters. The fourth-order valence-corrected chi connectivity index (χ4v) is 6.88. The molecule has 6 nitrogen and oxygen atoms in total. The van der Waals surface area contributed by atoms with Crippen molar-refractivity contribution in [1.82, 2.24) is 14.2 Å². The Hall–Kier alpha value is -1.48. The van der Waals surface area contributed by atoms with Crippen LogP contribution in [0.25, 0.3) is 0 Å². The molecule has 0 saturated carbocycles. The molecule has 2 fully saturated rings. The van der Waals surface area contributed by atoms with Crippen LogP contribution in [0.4, 0.5) is 0 Å². The van der Waals surface area contributed by atoms with Gasteiger partial charge in [0.2, 0.25) is 10.0 Å². The van der Waals surface area contributed by atoms with Crippen LogP contribution in [0.5, 0.6) is 5.19 Å². The molecule has 2 aliphatic heterocycles. The number of sulfonamides is 1. The molecule has 2 aromatic rings. The van der Waals surface area contributed by atoms with Gasteiger partial charge in [-0.3, -0.25) is 0 Å². The van der Waals surface area contributed by atoms with E-state index in [9.17, 15) is 8.42 Å². The molecule has 2 aliphatic rings. The van der Waals surface area contributed by atoms with E-state index >= 15 is 0 Å². The van der Waals surface area contributed by atoms with Crippen LogP contribution in [-0.2, 0) is 10.0 Å². The first-order valence-corrected chi connectivity index (χ1v) is 13.0. The third kappa shape index (κ3) is 4.56. The predicted molar refractivity (Wildman–Crippen MR) is 120 cm³/mol. The van der Waals surface area contributed by atoms with Gasteiger partial charge in [-0.1, -0.05) is 17.4 Å². The van der Waals surface area contributed by atoms with E-state index in [2.05, 4.69) is 9.88 Å². The Morgan fingerprint density at radius 3 is 2.27 bits per heavy atom. The molecule has 30 heavy (non-hydrogen) atoms. The van der Waals surface area contributed by atoms with Crippen LogP contribution in [0.15, 0.2) is 28.6 Å². The summed E-state index contributed by atoms with van der Waals surface area (Å²) >= 11 is 1.54. The largest absolute Gasteiger partial charge is 0.467 e. The van der Waals surface area contributed by atoms with Gasteiger partial charge >= 0.3 is 0 Å². The van der Waals surface area contributed by atoms with Gasteiger partial charge in [0.05, 0.1) is 4.90 Å². The summed E-state index contributed by atoms with van der Waals surface area (Å²) in [6.07, 6.45) is 5.79. The zero-order valence-electron chi connectivity index (χ0n) is 18.0. The van der Waals surface area contributed by atoms with Crippen molar-refractivity contribution in [3.05, 3.63) is 40.4 Å². The first-order chi connectivity index (χ1) is 14.3. The van der Waals surface area contributed by atoms with Gasteiger partial charge in [0.1, 0.15) is 6.10 Å². The number of ether oxygens (including phenoxy) is 1. The van der Waals surface area contributed by atoms with Crippen molar-refractivity contribution in [3.63, 3.8) is 0 Å². The standard InChI is InChI=1S/C22H31N3O3S2/c1-16-14-18(3)21(15-17(16)2)30(26,27)25-11-4-19(5-12-25)24-9-6-20(7-10-24)28-22-23-8-13-29-22/h8,13-15,19-20H,4-7,9-12H2,1-3H3. The fraction of sp³-hybridized carbons (Fsp3) is 0.591. The van der Waals surface area contributed by atoms with Crippen LogP contribution in [0, 0.1) is 20.8 Å². The Morgan fingerprint density at radius 1 is 0.967 bits per heavy atom. The molecule has 8 heteroatoms. The summed E-state index contributed by atoms with van der Waals surface area (Å²) in [5, 5.41) is 2.69. The normalized spacial score (nSPS) is 20.5. The second kappa shape index (κ2) is 8.94. The lowest BCUT2D eigenvalue weighted by molar-refractivity contribution is 0.0584. The monoisotopic (exact) mass is 449 g/mol. The van der Waals surface area contributed by atoms with Crippen molar-refractivity contribution >= 4 is 21.4 Å². The lowest BCUT2D eigenvalue weighted by Crippen LogP contribution is -2.50. The molecular formula is C22H31N3O3S2. The minimum Gasteiger partial charge on any atom is -0.467 e. The molecule has 0 atom stereocenters. The number of thiazole rings is 1. The quantitative estimate of drug-likeness (QED) is 0.695. The highest BCUT2D eigenvalue weighted by atomic mass is 32.2. The van der Waals surface area contributed by atoms with Gasteiger partial charge in [-0.05, 0) is 69.2 Å². The van der Waals surface area contributed by atoms with E-state index in [0.717, 1.165) is 60.7 Å². The number of aromatic nitrogens is 1. The number of piperidine rings is 2. The Morgan fingerprint density at radius 2 is 1.63 bits per heavy atom. The molecule has 4 rings (SSSR count). The molecule has 164 valence electrons. The summed E-state index contributed by atoms with van der Waals surface area (Å²) in [5.41, 5.74) is 2.99. The Balaban J connectivity index is 1.32. The highest BCUT2D eigenvalue weighted by molar-refractivity contribution is 7.89. The van der Waals surface area contributed by atoms with Crippen molar-refractivity contribution in [2.45, 2.75) is 63.5 Å². The second-order valence-corrected chi connectivity index (χ2v) is 11.3. The summed E-state index contributed by atoms with van der Waals surface area (Å²) in [4.78, 5) is 7.20. The van der Waals surface area contributed by atoms with Crippen LogP contribution in [-0.4, -0.2) is 60.9 Å². The van der Waals surface area contributed by atoms with Gasteiger partial charge in [0.15, 0.2) is 0 Å². The summed E-state index contributed by atoms with van der Waals surface area (Å²) < 4.78 is 34.1. The maximum Gasteiger partial charge on any atom is 0.273 e. The van der Waals surface area contributed by atoms with Crippen LogP contribution in [0.1, 0.15) is 42.4 Å². The number of hydrogen-bond donors (Lipinski definition) is 0. The van der Waals surface area contributed by atoms with Crippen LogP contribution < -0.4 is 4.74 Å². The molecule has 1 aromatic carbocycles. The highest BCUT2D eigenvalue weighted by Crippen LogP contribution is 2.29. The number of rotatable bonds is 5. The van der Waals surface area contributed by atoms with Crippen LogP contribution >= 0.6 is 11.3 Å². The van der Waals surface area contributed by atoms with Gasteiger partial charge in [0.25, 0.3) is 5.19 Å². The molecular weight excluding hydrogens is 418 g/mol. The highest BCUT2D eigenvalue weighted by Gasteiger charge is 2.34. The van der Waals surface area contributed by atoms with Crippen LogP contribution in [0.3, 0.4) is 0 Å². The molecule has 2 saturated heterocycles. The molecule has 0 spiro atoms. The van der Waals surface area contributed by atoms with E-state index in [0.29, 0.717) is 24.0 Å². The third-order valence-corrected chi connectivity index (χ3v) is 9.20. The second-order valence-electron chi connectivity index (χ2n) is 8.49. The lowest BCUT2D eigenvalue weighted by Gasteiger charge is -2.41. The van der Waals surface area contributed by atoms with E-state index in [1.165, 1.54) is 11.3 Å². The number of nitrogens with zero attached hydrogens (tertiary/aromatic N) is 3. The maximum absolute atomic E-state index is 13.2. The van der Waals surface area contributed by atoms with Crippen molar-refractivity contribution in [2.24, 2.45) is 0 Å². The number of aryl methyl sites for hydroxylation is 3. The maximum atomic E-state index is 13.2. The van der Waals surface area contributed by atoms with Gasteiger partial charge in [-0.25, -0.2) is 13.4 Å². The SMILES string of the molecule is Cc1cc(C)c(S(=O)(=O)N2CCC(N3CCC(Oc4nccs4)CC3)CC2)cc1C. The van der Waals surface area contributed by atoms with Crippen molar-refractivity contribution in [2.75, 3.05) is 26.2 Å². The molecule has 0 N–H and O–H groups in total. The summed E-state index contributed by atoms with van der Waals surface area (Å²) in [6.45, 7) is 9.08. The van der Waals surface area contributed by atoms with Crippen molar-refractivity contribution in [3.8, 4) is 5.19 Å². The summed E-state index contributed by atoms with van der Waals surface area (Å²) in [6, 6.07) is 4.27. The first-order valence-electron chi connectivity index (χ1n) is 10.7. The Bertz CT molecular complexity index is 960. The number of benzene rings is 1. The molecule has 1 aromatic heterocycles. The first kappa shape index (κ1) is 21.7. The summed E-state index contributed by atoms with van der Waals surface area (Å²) in [5.74, 6) is 0. The zero-order chi connectivity index (χ0) is 21.3.